The van der Waals surface area contributed by atoms with Crippen LogP contribution in [-0.2, 0) is 11.2 Å². The second-order valence-corrected chi connectivity index (χ2v) is 5.56. The molecule has 2 aliphatic heterocycles. The highest BCUT2D eigenvalue weighted by molar-refractivity contribution is 5.89. The van der Waals surface area contributed by atoms with Gasteiger partial charge in [-0.15, -0.1) is 0 Å². The SMILES string of the molecule is CCN1CCN(c2ccc3c(c2)NC=C(C(=O)O)C3)CC1. The number of hydrogen-bond acceptors (Lipinski definition) is 4. The molecule has 0 aromatic heterocycles. The lowest BCUT2D eigenvalue weighted by Crippen LogP contribution is -2.46. The largest absolute Gasteiger partial charge is 0.478 e. The number of carbonyl (C=O) groups is 1. The van der Waals surface area contributed by atoms with Gasteiger partial charge in [0.05, 0.1) is 5.57 Å². The normalized spacial score (nSPS) is 18.7. The van der Waals surface area contributed by atoms with E-state index in [9.17, 15) is 4.79 Å². The van der Waals surface area contributed by atoms with Gasteiger partial charge in [0, 0.05) is 50.2 Å². The number of anilines is 2. The summed E-state index contributed by atoms with van der Waals surface area (Å²) in [5.41, 5.74) is 3.69. The van der Waals surface area contributed by atoms with Gasteiger partial charge in [0.25, 0.3) is 0 Å². The number of rotatable bonds is 3. The Kier molecular flexibility index (Phi) is 3.84. The van der Waals surface area contributed by atoms with Crippen LogP contribution in [0.1, 0.15) is 12.5 Å². The number of nitrogens with one attached hydrogen (secondary N) is 1. The fraction of sp³-hybridized carbons (Fsp3) is 0.438. The molecule has 112 valence electrons. The molecule has 0 aliphatic carbocycles. The Morgan fingerprint density at radius 3 is 2.71 bits per heavy atom. The number of piperazine rings is 1. The predicted octanol–water partition coefficient (Wildman–Crippen LogP) is 1.76. The first-order chi connectivity index (χ1) is 10.2. The molecule has 5 heteroatoms. The van der Waals surface area contributed by atoms with E-state index in [2.05, 4.69) is 34.2 Å². The number of aliphatic carboxylic acids is 1. The van der Waals surface area contributed by atoms with Crippen LogP contribution in [0.4, 0.5) is 11.4 Å². The molecule has 2 aliphatic rings. The minimum atomic E-state index is -0.854. The molecule has 1 aromatic rings. The highest BCUT2D eigenvalue weighted by Gasteiger charge is 2.19. The molecule has 0 bridgehead atoms. The summed E-state index contributed by atoms with van der Waals surface area (Å²) >= 11 is 0. The highest BCUT2D eigenvalue weighted by atomic mass is 16.4. The molecule has 0 amide bonds. The van der Waals surface area contributed by atoms with E-state index in [1.807, 2.05) is 6.07 Å². The van der Waals surface area contributed by atoms with Crippen molar-refractivity contribution < 1.29 is 9.90 Å². The van der Waals surface area contributed by atoms with Crippen LogP contribution in [0.3, 0.4) is 0 Å². The first-order valence-corrected chi connectivity index (χ1v) is 7.46. The Labute approximate surface area is 124 Å². The van der Waals surface area contributed by atoms with E-state index in [1.165, 1.54) is 5.69 Å². The van der Waals surface area contributed by atoms with E-state index in [4.69, 9.17) is 5.11 Å². The molecule has 0 saturated carbocycles. The highest BCUT2D eigenvalue weighted by Crippen LogP contribution is 2.29. The first-order valence-electron chi connectivity index (χ1n) is 7.46. The second kappa shape index (κ2) is 5.77. The molecule has 1 aromatic carbocycles. The van der Waals surface area contributed by atoms with Crippen molar-refractivity contribution in [1.82, 2.24) is 4.90 Å². The summed E-state index contributed by atoms with van der Waals surface area (Å²) in [4.78, 5) is 15.9. The summed E-state index contributed by atoms with van der Waals surface area (Å²) in [6.45, 7) is 7.60. The van der Waals surface area contributed by atoms with Crippen molar-refractivity contribution in [2.75, 3.05) is 42.9 Å². The number of nitrogens with zero attached hydrogens (tertiary/aromatic N) is 2. The maximum atomic E-state index is 11.0. The molecule has 3 rings (SSSR count). The van der Waals surface area contributed by atoms with Gasteiger partial charge in [0.15, 0.2) is 0 Å². The van der Waals surface area contributed by atoms with Gasteiger partial charge < -0.3 is 20.2 Å². The maximum Gasteiger partial charge on any atom is 0.333 e. The lowest BCUT2D eigenvalue weighted by atomic mass is 10.00. The zero-order chi connectivity index (χ0) is 14.8. The number of fused-ring (bicyclic) bond motifs is 1. The second-order valence-electron chi connectivity index (χ2n) is 5.56. The van der Waals surface area contributed by atoms with Crippen LogP contribution in [0.2, 0.25) is 0 Å². The maximum absolute atomic E-state index is 11.0. The molecule has 0 radical (unpaired) electrons. The molecule has 2 heterocycles. The van der Waals surface area contributed by atoms with Crippen LogP contribution in [0.5, 0.6) is 0 Å². The van der Waals surface area contributed by atoms with Crippen molar-refractivity contribution in [1.29, 1.82) is 0 Å². The Balaban J connectivity index is 1.73. The van der Waals surface area contributed by atoms with Gasteiger partial charge in [-0.05, 0) is 24.2 Å². The van der Waals surface area contributed by atoms with Gasteiger partial charge in [0.1, 0.15) is 0 Å². The van der Waals surface area contributed by atoms with Crippen molar-refractivity contribution in [3.63, 3.8) is 0 Å². The van der Waals surface area contributed by atoms with Crippen molar-refractivity contribution in [3.05, 3.63) is 35.5 Å². The Hall–Kier alpha value is -2.01. The Bertz CT molecular complexity index is 575. The standard InChI is InChI=1S/C16H21N3O2/c1-2-18-5-7-19(8-6-18)14-4-3-12-9-13(16(20)21)11-17-15(12)10-14/h3-4,10-11,17H,2,5-9H2,1H3,(H,20,21). The van der Waals surface area contributed by atoms with E-state index in [-0.39, 0.29) is 0 Å². The summed E-state index contributed by atoms with van der Waals surface area (Å²) in [6.07, 6.45) is 2.09. The average Bonchev–Trinajstić information content (AvgIpc) is 2.54. The van der Waals surface area contributed by atoms with Gasteiger partial charge in [-0.1, -0.05) is 13.0 Å². The van der Waals surface area contributed by atoms with Crippen LogP contribution in [0.15, 0.2) is 30.0 Å². The molecule has 1 saturated heterocycles. The minimum absolute atomic E-state index is 0.409. The van der Waals surface area contributed by atoms with Gasteiger partial charge in [0.2, 0.25) is 0 Å². The van der Waals surface area contributed by atoms with Crippen LogP contribution in [0, 0.1) is 0 Å². The average molecular weight is 287 g/mol. The van der Waals surface area contributed by atoms with Gasteiger partial charge in [-0.25, -0.2) is 4.79 Å². The number of hydrogen-bond donors (Lipinski definition) is 2. The minimum Gasteiger partial charge on any atom is -0.478 e. The van der Waals surface area contributed by atoms with Crippen molar-refractivity contribution in [3.8, 4) is 0 Å². The summed E-state index contributed by atoms with van der Waals surface area (Å²) in [7, 11) is 0. The zero-order valence-electron chi connectivity index (χ0n) is 12.3. The van der Waals surface area contributed by atoms with E-state index in [1.54, 1.807) is 6.20 Å². The molecule has 1 fully saturated rings. The summed E-state index contributed by atoms with van der Waals surface area (Å²) in [5.74, 6) is -0.854. The third-order valence-electron chi connectivity index (χ3n) is 4.34. The van der Waals surface area contributed by atoms with Gasteiger partial charge >= 0.3 is 5.97 Å². The zero-order valence-corrected chi connectivity index (χ0v) is 12.3. The first kappa shape index (κ1) is 13.9. The molecular weight excluding hydrogens is 266 g/mol. The number of carboxylic acids is 1. The lowest BCUT2D eigenvalue weighted by Gasteiger charge is -2.36. The molecule has 21 heavy (non-hydrogen) atoms. The third kappa shape index (κ3) is 2.88. The molecule has 0 spiro atoms. The fourth-order valence-electron chi connectivity index (χ4n) is 2.93. The van der Waals surface area contributed by atoms with Crippen LogP contribution >= 0.6 is 0 Å². The van der Waals surface area contributed by atoms with Gasteiger partial charge in [-0.3, -0.25) is 0 Å². The molecular formula is C16H21N3O2. The van der Waals surface area contributed by atoms with Crippen molar-refractivity contribution >= 4 is 17.3 Å². The van der Waals surface area contributed by atoms with Crippen molar-refractivity contribution in [2.45, 2.75) is 13.3 Å². The number of benzene rings is 1. The van der Waals surface area contributed by atoms with E-state index >= 15 is 0 Å². The molecule has 0 atom stereocenters. The number of carboxylic acid groups (broad SMARTS) is 1. The fourth-order valence-corrected chi connectivity index (χ4v) is 2.93. The van der Waals surface area contributed by atoms with E-state index < -0.39 is 5.97 Å². The topological polar surface area (TPSA) is 55.8 Å². The molecule has 5 nitrogen and oxygen atoms in total. The smallest absolute Gasteiger partial charge is 0.333 e. The van der Waals surface area contributed by atoms with E-state index in [0.29, 0.717) is 12.0 Å². The monoisotopic (exact) mass is 287 g/mol. The van der Waals surface area contributed by atoms with Crippen LogP contribution in [0.25, 0.3) is 0 Å². The Morgan fingerprint density at radius 1 is 1.29 bits per heavy atom. The molecule has 2 N–H and O–H groups in total. The predicted molar refractivity (Wildman–Crippen MR) is 83.8 cm³/mol. The lowest BCUT2D eigenvalue weighted by molar-refractivity contribution is -0.132. The third-order valence-corrected chi connectivity index (χ3v) is 4.34. The molecule has 0 unspecified atom stereocenters. The van der Waals surface area contributed by atoms with Crippen molar-refractivity contribution in [2.24, 2.45) is 0 Å². The quantitative estimate of drug-likeness (QED) is 0.887. The van der Waals surface area contributed by atoms with Crippen LogP contribution in [-0.4, -0.2) is 48.7 Å². The summed E-state index contributed by atoms with van der Waals surface area (Å²) < 4.78 is 0. The van der Waals surface area contributed by atoms with Crippen LogP contribution < -0.4 is 10.2 Å². The Morgan fingerprint density at radius 2 is 2.05 bits per heavy atom. The summed E-state index contributed by atoms with van der Waals surface area (Å²) in [5, 5.41) is 12.2. The number of likely N-dealkylation sites (N-methyl/N-ethyl adjacent to an activating group) is 1. The summed E-state index contributed by atoms with van der Waals surface area (Å²) in [6, 6.07) is 6.28. The van der Waals surface area contributed by atoms with Gasteiger partial charge in [-0.2, -0.15) is 0 Å². The van der Waals surface area contributed by atoms with E-state index in [0.717, 1.165) is 44.0 Å².